The Kier molecular flexibility index (Phi) is 3.39. The number of aromatic amines is 1. The van der Waals surface area contributed by atoms with Gasteiger partial charge in [-0.05, 0) is 19.3 Å². The van der Waals surface area contributed by atoms with Gasteiger partial charge in [-0.3, -0.25) is 14.8 Å². The van der Waals surface area contributed by atoms with Crippen molar-refractivity contribution >= 4 is 5.91 Å². The number of aromatic nitrogens is 3. The highest BCUT2D eigenvalue weighted by molar-refractivity contribution is 5.90. The highest BCUT2D eigenvalue weighted by Crippen LogP contribution is 2.37. The molecular formula is C14H21N5O2. The number of amides is 1. The number of morpholine rings is 1. The Morgan fingerprint density at radius 2 is 2.00 bits per heavy atom. The third-order valence-electron chi connectivity index (χ3n) is 4.67. The Balaban J connectivity index is 1.38. The zero-order valence-electron chi connectivity index (χ0n) is 12.1. The standard InChI is InChI=1S/C14H21N5O2/c20-14(13-15-12(16-17-13)10-1-2-10)19-4-3-11(9-19)18-5-7-21-8-6-18/h10-11H,1-9H2,(H,15,16,17). The molecule has 1 unspecified atom stereocenters. The van der Waals surface area contributed by atoms with Crippen LogP contribution in [0.1, 0.15) is 41.6 Å². The van der Waals surface area contributed by atoms with Gasteiger partial charge in [0.2, 0.25) is 5.82 Å². The van der Waals surface area contributed by atoms with Gasteiger partial charge in [-0.2, -0.15) is 0 Å². The van der Waals surface area contributed by atoms with E-state index in [0.717, 1.165) is 64.5 Å². The maximum atomic E-state index is 12.5. The number of nitrogens with zero attached hydrogens (tertiary/aromatic N) is 4. The molecule has 1 aromatic heterocycles. The number of likely N-dealkylation sites (tertiary alicyclic amines) is 1. The van der Waals surface area contributed by atoms with E-state index < -0.39 is 0 Å². The Bertz CT molecular complexity index is 521. The molecule has 114 valence electrons. The van der Waals surface area contributed by atoms with Crippen molar-refractivity contribution < 1.29 is 9.53 Å². The molecule has 4 rings (SSSR count). The molecule has 1 aromatic rings. The first kappa shape index (κ1) is 13.2. The summed E-state index contributed by atoms with van der Waals surface area (Å²) >= 11 is 0. The Hall–Kier alpha value is -1.47. The van der Waals surface area contributed by atoms with Gasteiger partial charge in [-0.25, -0.2) is 4.98 Å². The smallest absolute Gasteiger partial charge is 0.293 e. The summed E-state index contributed by atoms with van der Waals surface area (Å²) in [6.07, 6.45) is 3.35. The Morgan fingerprint density at radius 1 is 1.19 bits per heavy atom. The molecule has 1 amide bonds. The van der Waals surface area contributed by atoms with Crippen LogP contribution in [0.25, 0.3) is 0 Å². The van der Waals surface area contributed by atoms with Crippen LogP contribution >= 0.6 is 0 Å². The topological polar surface area (TPSA) is 74.4 Å². The van der Waals surface area contributed by atoms with Gasteiger partial charge in [-0.15, -0.1) is 5.10 Å². The number of carbonyl (C=O) groups excluding carboxylic acids is 1. The first-order valence-electron chi connectivity index (χ1n) is 7.84. The van der Waals surface area contributed by atoms with E-state index in [1.807, 2.05) is 4.90 Å². The molecule has 1 saturated carbocycles. The van der Waals surface area contributed by atoms with E-state index in [4.69, 9.17) is 4.74 Å². The van der Waals surface area contributed by atoms with Gasteiger partial charge in [0.05, 0.1) is 13.2 Å². The van der Waals surface area contributed by atoms with Gasteiger partial charge in [0.1, 0.15) is 5.82 Å². The number of hydrogen-bond acceptors (Lipinski definition) is 5. The fraction of sp³-hybridized carbons (Fsp3) is 0.786. The van der Waals surface area contributed by atoms with E-state index in [0.29, 0.717) is 17.8 Å². The summed E-state index contributed by atoms with van der Waals surface area (Å²) in [5.74, 6) is 1.68. The summed E-state index contributed by atoms with van der Waals surface area (Å²) in [5.41, 5.74) is 0. The lowest BCUT2D eigenvalue weighted by Gasteiger charge is -2.31. The van der Waals surface area contributed by atoms with Gasteiger partial charge in [-0.1, -0.05) is 0 Å². The number of carbonyl (C=O) groups is 1. The average molecular weight is 291 g/mol. The van der Waals surface area contributed by atoms with Crippen LogP contribution in [0.15, 0.2) is 0 Å². The lowest BCUT2D eigenvalue weighted by Crippen LogP contribution is -2.45. The van der Waals surface area contributed by atoms with Crippen LogP contribution in [0, 0.1) is 0 Å². The maximum absolute atomic E-state index is 12.5. The molecule has 2 saturated heterocycles. The maximum Gasteiger partial charge on any atom is 0.293 e. The summed E-state index contributed by atoms with van der Waals surface area (Å²) in [6.45, 7) is 5.13. The zero-order chi connectivity index (χ0) is 14.2. The fourth-order valence-electron chi connectivity index (χ4n) is 3.22. The van der Waals surface area contributed by atoms with Crippen molar-refractivity contribution in [2.24, 2.45) is 0 Å². The number of H-pyrrole nitrogens is 1. The van der Waals surface area contributed by atoms with Crippen molar-refractivity contribution in [2.45, 2.75) is 31.2 Å². The van der Waals surface area contributed by atoms with Gasteiger partial charge in [0, 0.05) is 38.1 Å². The third kappa shape index (κ3) is 2.67. The second-order valence-electron chi connectivity index (χ2n) is 6.16. The number of rotatable bonds is 3. The fourth-order valence-corrected chi connectivity index (χ4v) is 3.22. The molecule has 3 fully saturated rings. The van der Waals surface area contributed by atoms with E-state index in [9.17, 15) is 4.79 Å². The van der Waals surface area contributed by atoms with Crippen molar-refractivity contribution in [3.8, 4) is 0 Å². The number of hydrogen-bond donors (Lipinski definition) is 1. The quantitative estimate of drug-likeness (QED) is 0.863. The minimum atomic E-state index is -0.0334. The van der Waals surface area contributed by atoms with Crippen LogP contribution in [0.5, 0.6) is 0 Å². The lowest BCUT2D eigenvalue weighted by atomic mass is 10.2. The van der Waals surface area contributed by atoms with E-state index in [1.54, 1.807) is 0 Å². The molecule has 7 nitrogen and oxygen atoms in total. The van der Waals surface area contributed by atoms with Gasteiger partial charge < -0.3 is 9.64 Å². The summed E-state index contributed by atoms with van der Waals surface area (Å²) in [6, 6.07) is 0.458. The highest BCUT2D eigenvalue weighted by Gasteiger charge is 2.34. The second-order valence-corrected chi connectivity index (χ2v) is 6.16. The normalized spacial score (nSPS) is 27.2. The third-order valence-corrected chi connectivity index (χ3v) is 4.67. The minimum absolute atomic E-state index is 0.0334. The monoisotopic (exact) mass is 291 g/mol. The predicted molar refractivity (Wildman–Crippen MR) is 75.1 cm³/mol. The van der Waals surface area contributed by atoms with Crippen molar-refractivity contribution in [1.29, 1.82) is 0 Å². The highest BCUT2D eigenvalue weighted by atomic mass is 16.5. The molecule has 0 spiro atoms. The first-order valence-corrected chi connectivity index (χ1v) is 7.84. The van der Waals surface area contributed by atoms with E-state index in [1.165, 1.54) is 0 Å². The number of nitrogens with one attached hydrogen (secondary N) is 1. The largest absolute Gasteiger partial charge is 0.379 e. The average Bonchev–Trinajstić information content (AvgIpc) is 3.06. The van der Waals surface area contributed by atoms with Crippen molar-refractivity contribution in [1.82, 2.24) is 25.0 Å². The lowest BCUT2D eigenvalue weighted by molar-refractivity contribution is 0.0184. The van der Waals surface area contributed by atoms with E-state index in [-0.39, 0.29) is 5.91 Å². The summed E-state index contributed by atoms with van der Waals surface area (Å²) in [5, 5.41) is 7.01. The molecule has 1 atom stereocenters. The molecule has 7 heteroatoms. The van der Waals surface area contributed by atoms with Crippen molar-refractivity contribution in [3.63, 3.8) is 0 Å². The molecule has 1 N–H and O–H groups in total. The predicted octanol–water partition coefficient (Wildman–Crippen LogP) is 0.229. The summed E-state index contributed by atoms with van der Waals surface area (Å²) in [4.78, 5) is 21.2. The minimum Gasteiger partial charge on any atom is -0.379 e. The van der Waals surface area contributed by atoms with Crippen LogP contribution in [-0.2, 0) is 4.74 Å². The van der Waals surface area contributed by atoms with Crippen LogP contribution in [0.2, 0.25) is 0 Å². The van der Waals surface area contributed by atoms with E-state index in [2.05, 4.69) is 20.1 Å². The summed E-state index contributed by atoms with van der Waals surface area (Å²) in [7, 11) is 0. The molecule has 0 aromatic carbocycles. The van der Waals surface area contributed by atoms with Gasteiger partial charge in [0.25, 0.3) is 5.91 Å². The SMILES string of the molecule is O=C(c1n[nH]c(C2CC2)n1)N1CCC(N2CCOCC2)C1. The van der Waals surface area contributed by atoms with Crippen LogP contribution < -0.4 is 0 Å². The zero-order valence-corrected chi connectivity index (χ0v) is 12.1. The molecule has 1 aliphatic carbocycles. The van der Waals surface area contributed by atoms with Crippen LogP contribution in [0.4, 0.5) is 0 Å². The molecule has 3 aliphatic rings. The van der Waals surface area contributed by atoms with Crippen LogP contribution in [0.3, 0.4) is 0 Å². The molecule has 3 heterocycles. The van der Waals surface area contributed by atoms with Crippen molar-refractivity contribution in [3.05, 3.63) is 11.6 Å². The first-order chi connectivity index (χ1) is 10.3. The van der Waals surface area contributed by atoms with E-state index >= 15 is 0 Å². The molecule has 0 bridgehead atoms. The summed E-state index contributed by atoms with van der Waals surface area (Å²) < 4.78 is 5.39. The van der Waals surface area contributed by atoms with Crippen molar-refractivity contribution in [2.75, 3.05) is 39.4 Å². The molecule has 21 heavy (non-hydrogen) atoms. The van der Waals surface area contributed by atoms with Gasteiger partial charge >= 0.3 is 0 Å². The molecule has 0 radical (unpaired) electrons. The molecule has 2 aliphatic heterocycles. The van der Waals surface area contributed by atoms with Gasteiger partial charge in [0.15, 0.2) is 0 Å². The molecular weight excluding hydrogens is 270 g/mol. The van der Waals surface area contributed by atoms with Crippen LogP contribution in [-0.4, -0.2) is 76.3 Å². The Morgan fingerprint density at radius 3 is 2.76 bits per heavy atom. The second kappa shape index (κ2) is 5.38. The Labute approximate surface area is 123 Å². The number of ether oxygens (including phenoxy) is 1.